The van der Waals surface area contributed by atoms with Crippen LogP contribution in [0.1, 0.15) is 106 Å². The maximum absolute atomic E-state index is 15.5. The molecular weight excluding hydrogens is 1710 g/mol. The highest BCUT2D eigenvalue weighted by molar-refractivity contribution is 8.00. The van der Waals surface area contributed by atoms with Crippen LogP contribution >= 0.6 is 11.8 Å². The molecule has 35 nitrogen and oxygen atoms in total. The van der Waals surface area contributed by atoms with Gasteiger partial charge in [0.05, 0.1) is 31.8 Å². The second-order valence-corrected chi connectivity index (χ2v) is 34.6. The van der Waals surface area contributed by atoms with E-state index in [1.54, 1.807) is 143 Å². The number of nitrogens with zero attached hydrogens (tertiary/aromatic N) is 5. The fourth-order valence-corrected chi connectivity index (χ4v) is 16.0. The predicted molar refractivity (Wildman–Crippen MR) is 488 cm³/mol. The molecule has 2 heterocycles. The van der Waals surface area contributed by atoms with Gasteiger partial charge in [0.25, 0.3) is 0 Å². The van der Waals surface area contributed by atoms with Gasteiger partial charge in [-0.15, -0.1) is 11.8 Å². The third kappa shape index (κ3) is 31.1. The minimum atomic E-state index is -1.92. The Bertz CT molecular complexity index is 5170. The van der Waals surface area contributed by atoms with Gasteiger partial charge in [0, 0.05) is 103 Å². The van der Waals surface area contributed by atoms with Gasteiger partial charge in [-0.1, -0.05) is 175 Å². The Hall–Kier alpha value is -13.6. The molecular formula is C94H120FN17O18S. The van der Waals surface area contributed by atoms with Gasteiger partial charge in [0.15, 0.2) is 0 Å². The molecule has 0 spiro atoms. The summed E-state index contributed by atoms with van der Waals surface area (Å²) in [5.74, 6) is -18.5. The number of nitrogens with two attached hydrogens (primary N) is 2. The van der Waals surface area contributed by atoms with E-state index in [2.05, 4.69) is 52.8 Å². The number of aromatic hydroxyl groups is 1. The zero-order chi connectivity index (χ0) is 95.9. The smallest absolute Gasteiger partial charge is 0.305 e. The standard InChI is InChI=1S/C94H120FN17O18S/c1-11-12-30-75-92(128)109(7)52-80(116)101-71(47-82(118)119)88(124)107-83(56(4)5)94(130)111(9)76(44-57-22-15-13-16-23-57)89(125)105-72(42-59-31-33-61(48-96)34-32-59)90(126)108(6)51-79(115)100-70(46-63-49-98-67-29-20-19-28-66(63)67)87(123)104-69(41-60-35-37-65(113)38-36-60)86(122)103-68(39-55(2)3)85(121)106-74(84(120)99-50-78(97)114)53-131-54-81(117)102-73(43-62-26-21-27-64(95)40-62)91(127)112(10)77(93(129)110(75)8)45-58-24-17-14-18-25-58/h13-29,31-38,40,49,55-56,68-77,83,98,113H,11-12,30,39,41-48,50-54,96H2,1-10H3,(H2,97,114)(H,99,120)(H,100,115)(H,101,116)(H,102,117)(H,103,122)(H,104,123)(H,105,125)(H,106,121)(H,107,124)(H,118,119). The van der Waals surface area contributed by atoms with E-state index in [0.29, 0.717) is 51.6 Å². The number of nitrogens with one attached hydrogen (secondary N) is 10. The molecule has 1 aromatic heterocycles. The lowest BCUT2D eigenvalue weighted by Gasteiger charge is -2.37. The summed E-state index contributed by atoms with van der Waals surface area (Å²) in [6.07, 6.45) is -0.245. The number of carbonyl (C=O) groups excluding carboxylic acids is 15. The Morgan fingerprint density at radius 3 is 1.57 bits per heavy atom. The second kappa shape index (κ2) is 49.8. The van der Waals surface area contributed by atoms with E-state index in [0.717, 1.165) is 54.0 Å². The van der Waals surface area contributed by atoms with E-state index in [1.807, 2.05) is 6.92 Å². The summed E-state index contributed by atoms with van der Waals surface area (Å²) in [7, 11) is 6.45. The van der Waals surface area contributed by atoms with Crippen molar-refractivity contribution in [2.24, 2.45) is 23.3 Å². The van der Waals surface area contributed by atoms with Crippen molar-refractivity contribution in [1.82, 2.24) is 77.3 Å². The number of carboxylic acids is 1. The number of thioether (sulfide) groups is 1. The number of hydrogen-bond donors (Lipinski definition) is 14. The minimum Gasteiger partial charge on any atom is -0.508 e. The lowest BCUT2D eigenvalue weighted by Crippen LogP contribution is -2.61. The normalized spacial score (nSPS) is 21.8. The summed E-state index contributed by atoms with van der Waals surface area (Å²) < 4.78 is 15.1. The Balaban J connectivity index is 1.22. The van der Waals surface area contributed by atoms with Gasteiger partial charge >= 0.3 is 5.97 Å². The molecule has 11 atom stereocenters. The Labute approximate surface area is 764 Å². The molecule has 1 fully saturated rings. The van der Waals surface area contributed by atoms with Crippen molar-refractivity contribution in [2.45, 2.75) is 178 Å². The number of hydrogen-bond acceptors (Lipinski definition) is 19. The number of carbonyl (C=O) groups is 16. The van der Waals surface area contributed by atoms with Crippen LogP contribution in [-0.2, 0) is 122 Å². The SMILES string of the molecule is CCCCC1C(=O)N(C)CC(=O)NC(CC(=O)O)C(=O)NC(C(C)C)C(=O)N(C)C(Cc2ccccc2)C(=O)NC(Cc2ccc(CN)cc2)C(=O)N(C)CC(=O)NC(Cc2c[nH]c3ccccc23)C(=O)NC(Cc2ccc(O)cc2)C(=O)NC(CC(C)C)C(=O)NC(C(=O)NCC(N)=O)CSCC(=O)NC(Cc2cccc(F)c2)C(=O)N(C)C(Cc2ccccc2)C(=O)N1C. The zero-order valence-corrected chi connectivity index (χ0v) is 76.0. The molecule has 0 aliphatic carbocycles. The van der Waals surface area contributed by atoms with Crippen LogP contribution in [0, 0.1) is 17.7 Å². The molecule has 0 radical (unpaired) electrons. The molecule has 8 rings (SSSR count). The first-order chi connectivity index (χ1) is 62.3. The Morgan fingerprint density at radius 1 is 0.496 bits per heavy atom. The van der Waals surface area contributed by atoms with Gasteiger partial charge in [-0.2, -0.15) is 0 Å². The maximum atomic E-state index is 15.5. The number of aromatic nitrogens is 1. The fourth-order valence-electron chi connectivity index (χ4n) is 15.2. The number of carboxylic acid groups (broad SMARTS) is 1. The molecule has 16 N–H and O–H groups in total. The zero-order valence-electron chi connectivity index (χ0n) is 75.2. The van der Waals surface area contributed by atoms with E-state index in [4.69, 9.17) is 11.5 Å². The number of para-hydroxylation sites is 1. The number of likely N-dealkylation sites (N-methyl/N-ethyl adjacent to an activating group) is 5. The molecule has 1 saturated heterocycles. The van der Waals surface area contributed by atoms with Crippen LogP contribution in [0.5, 0.6) is 5.75 Å². The summed E-state index contributed by atoms with van der Waals surface area (Å²) in [4.78, 5) is 244. The maximum Gasteiger partial charge on any atom is 0.305 e. The second-order valence-electron chi connectivity index (χ2n) is 33.6. The van der Waals surface area contributed by atoms with Crippen LogP contribution in [0.25, 0.3) is 10.9 Å². The van der Waals surface area contributed by atoms with E-state index in [-0.39, 0.29) is 75.1 Å². The number of fused-ring (bicyclic) bond motifs is 1. The van der Waals surface area contributed by atoms with Gasteiger partial charge in [0.1, 0.15) is 78.0 Å². The molecule has 37 heteroatoms. The number of H-pyrrole nitrogens is 1. The van der Waals surface area contributed by atoms with Gasteiger partial charge < -0.3 is 99.0 Å². The van der Waals surface area contributed by atoms with Crippen LogP contribution < -0.4 is 59.3 Å². The monoisotopic (exact) mass is 1830 g/mol. The lowest BCUT2D eigenvalue weighted by molar-refractivity contribution is -0.151. The number of phenols is 1. The summed E-state index contributed by atoms with van der Waals surface area (Å²) in [5.41, 5.74) is 15.5. The first-order valence-corrected chi connectivity index (χ1v) is 44.5. The van der Waals surface area contributed by atoms with Crippen molar-refractivity contribution in [3.63, 3.8) is 0 Å². The first-order valence-electron chi connectivity index (χ1n) is 43.3. The van der Waals surface area contributed by atoms with Crippen LogP contribution in [0.2, 0.25) is 0 Å². The van der Waals surface area contributed by atoms with E-state index in [1.165, 1.54) is 71.6 Å². The molecule has 1 aliphatic rings. The summed E-state index contributed by atoms with van der Waals surface area (Å²) in [5, 5.41) is 45.1. The first kappa shape index (κ1) is 103. The highest BCUT2D eigenvalue weighted by Gasteiger charge is 2.42. The minimum absolute atomic E-state index is 0.00208. The van der Waals surface area contributed by atoms with E-state index < -0.39 is 210 Å². The lowest BCUT2D eigenvalue weighted by atomic mass is 9.98. The molecule has 0 saturated carbocycles. The molecule has 6 aromatic carbocycles. The highest BCUT2D eigenvalue weighted by atomic mass is 32.2. The largest absolute Gasteiger partial charge is 0.508 e. The fraction of sp³-hybridized carbons (Fsp3) is 0.426. The number of amides is 15. The number of rotatable bonds is 24. The van der Waals surface area contributed by atoms with Crippen LogP contribution in [0.15, 0.2) is 164 Å². The van der Waals surface area contributed by atoms with Gasteiger partial charge in [-0.3, -0.25) is 76.7 Å². The van der Waals surface area contributed by atoms with Gasteiger partial charge in [-0.05, 0) is 94.0 Å². The number of benzene rings is 6. The molecule has 131 heavy (non-hydrogen) atoms. The van der Waals surface area contributed by atoms with Crippen LogP contribution in [-0.4, -0.2) is 267 Å². The number of halogens is 1. The topological polar surface area (TPSA) is 506 Å². The summed E-state index contributed by atoms with van der Waals surface area (Å²) in [6.45, 7) is 6.26. The quantitative estimate of drug-likeness (QED) is 0.0412. The molecule has 1 aliphatic heterocycles. The molecule has 7 aromatic rings. The number of aliphatic carboxylic acids is 1. The number of unbranched alkanes of at least 4 members (excludes halogenated alkanes) is 1. The van der Waals surface area contributed by atoms with Crippen LogP contribution in [0.3, 0.4) is 0 Å². The average Bonchev–Trinajstić information content (AvgIpc) is 1.78. The van der Waals surface area contributed by atoms with Gasteiger partial charge in [0.2, 0.25) is 88.6 Å². The average molecular weight is 1830 g/mol. The third-order valence-corrected chi connectivity index (χ3v) is 23.5. The summed E-state index contributed by atoms with van der Waals surface area (Å²) in [6, 6.07) is 24.5. The van der Waals surface area contributed by atoms with Crippen molar-refractivity contribution < 1.29 is 91.3 Å². The number of primary amides is 1. The number of aromatic amines is 1. The molecule has 702 valence electrons. The number of phenolic OH excluding ortho intramolecular Hbond substituents is 1. The molecule has 15 amide bonds. The van der Waals surface area contributed by atoms with E-state index >= 15 is 42.7 Å². The van der Waals surface area contributed by atoms with Crippen LogP contribution in [0.4, 0.5) is 4.39 Å². The van der Waals surface area contributed by atoms with Gasteiger partial charge in [-0.25, -0.2) is 4.39 Å². The van der Waals surface area contributed by atoms with Crippen molar-refractivity contribution >= 4 is 117 Å². The molecule has 0 bridgehead atoms. The highest BCUT2D eigenvalue weighted by Crippen LogP contribution is 2.25. The third-order valence-electron chi connectivity index (χ3n) is 22.4. The van der Waals surface area contributed by atoms with E-state index in [9.17, 15) is 48.6 Å². The predicted octanol–water partition coefficient (Wildman–Crippen LogP) is 2.22. The van der Waals surface area contributed by atoms with Crippen molar-refractivity contribution in [1.29, 1.82) is 0 Å². The van der Waals surface area contributed by atoms with Crippen molar-refractivity contribution in [3.8, 4) is 5.75 Å². The summed E-state index contributed by atoms with van der Waals surface area (Å²) >= 11 is 0.776. The Kier molecular flexibility index (Phi) is 39.1. The Morgan fingerprint density at radius 2 is 0.985 bits per heavy atom. The molecule has 11 unspecified atom stereocenters. The van der Waals surface area contributed by atoms with Crippen molar-refractivity contribution in [3.05, 3.63) is 209 Å². The van der Waals surface area contributed by atoms with Crippen molar-refractivity contribution in [2.75, 3.05) is 66.4 Å².